The van der Waals surface area contributed by atoms with Crippen molar-refractivity contribution in [2.45, 2.75) is 6.92 Å². The van der Waals surface area contributed by atoms with Gasteiger partial charge in [0.05, 0.1) is 11.2 Å². The maximum Gasteiger partial charge on any atom is 0.159 e. The van der Waals surface area contributed by atoms with Crippen LogP contribution in [0.3, 0.4) is 0 Å². The number of phenolic OH excluding ortho intramolecular Hbond substituents is 2. The van der Waals surface area contributed by atoms with E-state index in [0.717, 1.165) is 0 Å². The second kappa shape index (κ2) is 2.32. The van der Waals surface area contributed by atoms with Gasteiger partial charge in [-0.05, 0) is 13.0 Å². The van der Waals surface area contributed by atoms with Crippen LogP contribution in [-0.4, -0.2) is 20.3 Å². The summed E-state index contributed by atoms with van der Waals surface area (Å²) in [5.74, 6) is -0.333. The van der Waals surface area contributed by atoms with Crippen LogP contribution >= 0.6 is 0 Å². The van der Waals surface area contributed by atoms with Gasteiger partial charge in [0, 0.05) is 11.5 Å². The number of nitrogens with one attached hydrogen (secondary N) is 1. The molecule has 4 nitrogen and oxygen atoms in total. The van der Waals surface area contributed by atoms with E-state index in [0.29, 0.717) is 16.6 Å². The van der Waals surface area contributed by atoms with Crippen molar-refractivity contribution in [2.75, 3.05) is 0 Å². The number of fused-ring (bicyclic) bond motifs is 1. The Balaban J connectivity index is 2.89. The summed E-state index contributed by atoms with van der Waals surface area (Å²) in [7, 11) is 0. The predicted octanol–water partition coefficient (Wildman–Crippen LogP) is 1.59. The maximum atomic E-state index is 9.49. The molecule has 1 aromatic heterocycles. The van der Waals surface area contributed by atoms with E-state index in [1.165, 1.54) is 12.1 Å². The number of aryl methyl sites for hydroxylation is 1. The number of phenols is 2. The molecule has 0 saturated heterocycles. The second-order valence-electron chi connectivity index (χ2n) is 2.99. The van der Waals surface area contributed by atoms with Gasteiger partial charge in [0.1, 0.15) is 5.75 Å². The molecule has 0 amide bonds. The third kappa shape index (κ3) is 0.989. The molecule has 2 aromatic rings. The average molecular weight is 179 g/mol. The molecule has 2 rings (SSSR count). The summed E-state index contributed by atoms with van der Waals surface area (Å²) < 4.78 is 0. The van der Waals surface area contributed by atoms with Crippen molar-refractivity contribution in [3.8, 4) is 17.2 Å². The van der Waals surface area contributed by atoms with Crippen molar-refractivity contribution in [2.24, 2.45) is 0 Å². The highest BCUT2D eigenvalue weighted by Crippen LogP contribution is 2.35. The van der Waals surface area contributed by atoms with Gasteiger partial charge in [0.2, 0.25) is 0 Å². The van der Waals surface area contributed by atoms with Gasteiger partial charge in [-0.3, -0.25) is 0 Å². The minimum atomic E-state index is -0.234. The van der Waals surface area contributed by atoms with Crippen molar-refractivity contribution in [1.29, 1.82) is 0 Å². The lowest BCUT2D eigenvalue weighted by Crippen LogP contribution is -1.70. The molecule has 13 heavy (non-hydrogen) atoms. The van der Waals surface area contributed by atoms with Gasteiger partial charge in [-0.15, -0.1) is 0 Å². The van der Waals surface area contributed by atoms with Crippen LogP contribution in [0.25, 0.3) is 10.9 Å². The number of hydrogen-bond acceptors (Lipinski definition) is 3. The van der Waals surface area contributed by atoms with Gasteiger partial charge in [0.25, 0.3) is 0 Å². The third-order valence-electron chi connectivity index (χ3n) is 2.05. The molecule has 0 fully saturated rings. The van der Waals surface area contributed by atoms with E-state index in [-0.39, 0.29) is 17.2 Å². The summed E-state index contributed by atoms with van der Waals surface area (Å²) in [5.41, 5.74) is 1.21. The Labute approximate surface area is 74.1 Å². The summed E-state index contributed by atoms with van der Waals surface area (Å²) in [6, 6.07) is 2.70. The zero-order chi connectivity index (χ0) is 9.59. The molecule has 1 heterocycles. The molecular formula is C9H9NO3. The second-order valence-corrected chi connectivity index (χ2v) is 2.99. The Kier molecular flexibility index (Phi) is 1.39. The summed E-state index contributed by atoms with van der Waals surface area (Å²) in [5, 5.41) is 28.3. The van der Waals surface area contributed by atoms with Crippen LogP contribution in [0.15, 0.2) is 12.1 Å². The molecule has 0 bridgehead atoms. The van der Waals surface area contributed by atoms with E-state index >= 15 is 0 Å². The number of rotatable bonds is 0. The number of H-pyrrole nitrogens is 1. The SMILES string of the molecule is Cc1[nH]c2cc(O)c(O)cc2c1O. The third-order valence-corrected chi connectivity index (χ3v) is 2.05. The molecular weight excluding hydrogens is 170 g/mol. The quantitative estimate of drug-likeness (QED) is 0.464. The van der Waals surface area contributed by atoms with Crippen LogP contribution in [0.5, 0.6) is 17.2 Å². The van der Waals surface area contributed by atoms with Gasteiger partial charge in [-0.25, -0.2) is 0 Å². The number of benzene rings is 1. The molecule has 0 atom stereocenters. The van der Waals surface area contributed by atoms with Crippen molar-refractivity contribution >= 4 is 10.9 Å². The van der Waals surface area contributed by atoms with E-state index in [9.17, 15) is 10.2 Å². The normalized spacial score (nSPS) is 10.8. The Morgan fingerprint density at radius 1 is 1.08 bits per heavy atom. The standard InChI is InChI=1S/C9H9NO3/c1-4-9(13)5-2-7(11)8(12)3-6(5)10-4/h2-3,10-13H,1H3. The number of aromatic amines is 1. The fourth-order valence-electron chi connectivity index (χ4n) is 1.34. The van der Waals surface area contributed by atoms with Crippen molar-refractivity contribution in [3.63, 3.8) is 0 Å². The van der Waals surface area contributed by atoms with Crippen LogP contribution in [0, 0.1) is 6.92 Å². The first-order valence-corrected chi connectivity index (χ1v) is 3.83. The van der Waals surface area contributed by atoms with Gasteiger partial charge in [-0.1, -0.05) is 0 Å². The molecule has 0 radical (unpaired) electrons. The predicted molar refractivity (Wildman–Crippen MR) is 48.0 cm³/mol. The first-order valence-electron chi connectivity index (χ1n) is 3.83. The van der Waals surface area contributed by atoms with Crippen molar-refractivity contribution in [1.82, 2.24) is 4.98 Å². The topological polar surface area (TPSA) is 76.5 Å². The summed E-state index contributed by atoms with van der Waals surface area (Å²) in [4.78, 5) is 2.87. The van der Waals surface area contributed by atoms with Gasteiger partial charge in [-0.2, -0.15) is 0 Å². The van der Waals surface area contributed by atoms with E-state index in [4.69, 9.17) is 5.11 Å². The minimum absolute atomic E-state index is 0.102. The van der Waals surface area contributed by atoms with E-state index in [2.05, 4.69) is 4.98 Å². The highest BCUT2D eigenvalue weighted by atomic mass is 16.3. The van der Waals surface area contributed by atoms with Gasteiger partial charge >= 0.3 is 0 Å². The summed E-state index contributed by atoms with van der Waals surface area (Å²) in [6.07, 6.45) is 0. The minimum Gasteiger partial charge on any atom is -0.505 e. The summed E-state index contributed by atoms with van der Waals surface area (Å²) in [6.45, 7) is 1.71. The number of aromatic hydroxyl groups is 3. The van der Waals surface area contributed by atoms with Crippen LogP contribution in [-0.2, 0) is 0 Å². The smallest absolute Gasteiger partial charge is 0.159 e. The monoisotopic (exact) mass is 179 g/mol. The molecule has 4 N–H and O–H groups in total. The zero-order valence-electron chi connectivity index (χ0n) is 7.00. The molecule has 1 aromatic carbocycles. The number of hydrogen-bond donors (Lipinski definition) is 4. The van der Waals surface area contributed by atoms with Crippen LogP contribution in [0.1, 0.15) is 5.69 Å². The average Bonchev–Trinajstić information content (AvgIpc) is 2.32. The Hall–Kier alpha value is -1.84. The highest BCUT2D eigenvalue weighted by molar-refractivity contribution is 5.90. The first kappa shape index (κ1) is 7.79. The Morgan fingerprint density at radius 3 is 2.38 bits per heavy atom. The van der Waals surface area contributed by atoms with Crippen LogP contribution in [0.2, 0.25) is 0 Å². The Bertz CT molecular complexity index is 473. The Morgan fingerprint density at radius 2 is 1.69 bits per heavy atom. The molecule has 4 heteroatoms. The highest BCUT2D eigenvalue weighted by Gasteiger charge is 2.09. The lowest BCUT2D eigenvalue weighted by atomic mass is 10.2. The largest absolute Gasteiger partial charge is 0.505 e. The maximum absolute atomic E-state index is 9.49. The fraction of sp³-hybridized carbons (Fsp3) is 0.111. The molecule has 0 aliphatic carbocycles. The molecule has 0 saturated carbocycles. The van der Waals surface area contributed by atoms with E-state index < -0.39 is 0 Å². The molecule has 68 valence electrons. The van der Waals surface area contributed by atoms with E-state index in [1.54, 1.807) is 6.92 Å². The van der Waals surface area contributed by atoms with E-state index in [1.807, 2.05) is 0 Å². The molecule has 0 aliphatic rings. The molecule has 0 spiro atoms. The van der Waals surface area contributed by atoms with Crippen LogP contribution < -0.4 is 0 Å². The fourth-order valence-corrected chi connectivity index (χ4v) is 1.34. The van der Waals surface area contributed by atoms with Gasteiger partial charge < -0.3 is 20.3 Å². The van der Waals surface area contributed by atoms with Crippen LogP contribution in [0.4, 0.5) is 0 Å². The summed E-state index contributed by atoms with van der Waals surface area (Å²) >= 11 is 0. The zero-order valence-corrected chi connectivity index (χ0v) is 7.00. The van der Waals surface area contributed by atoms with Gasteiger partial charge in [0.15, 0.2) is 11.5 Å². The first-order chi connectivity index (χ1) is 6.09. The van der Waals surface area contributed by atoms with Crippen molar-refractivity contribution in [3.05, 3.63) is 17.8 Å². The molecule has 0 aliphatic heterocycles. The number of aromatic nitrogens is 1. The lowest BCUT2D eigenvalue weighted by Gasteiger charge is -1.96. The lowest BCUT2D eigenvalue weighted by molar-refractivity contribution is 0.404. The van der Waals surface area contributed by atoms with Crippen molar-refractivity contribution < 1.29 is 15.3 Å². The molecule has 0 unspecified atom stereocenters.